The molecular formula is C24H27IN5O4. The Kier molecular flexibility index (Phi) is 7.57. The van der Waals surface area contributed by atoms with Crippen molar-refractivity contribution in [1.82, 2.24) is 10.3 Å². The zero-order chi connectivity index (χ0) is 24.2. The van der Waals surface area contributed by atoms with Crippen LogP contribution in [0.4, 0.5) is 11.7 Å². The van der Waals surface area contributed by atoms with Crippen molar-refractivity contribution in [2.75, 3.05) is 29.9 Å². The molecule has 0 aliphatic carbocycles. The number of benzene rings is 2. The Labute approximate surface area is 211 Å². The van der Waals surface area contributed by atoms with E-state index < -0.39 is 5.91 Å². The number of hydrogen-bond acceptors (Lipinski definition) is 7. The van der Waals surface area contributed by atoms with Gasteiger partial charge in [0.05, 0.1) is 21.4 Å². The molecule has 0 spiro atoms. The van der Waals surface area contributed by atoms with E-state index in [2.05, 4.69) is 49.2 Å². The Balaban J connectivity index is 1.76. The molecule has 1 aliphatic heterocycles. The summed E-state index contributed by atoms with van der Waals surface area (Å²) in [6.45, 7) is 6.17. The molecule has 1 fully saturated rings. The van der Waals surface area contributed by atoms with Crippen LogP contribution < -0.4 is 26.0 Å². The molecule has 1 aromatic heterocycles. The van der Waals surface area contributed by atoms with Gasteiger partial charge in [0.25, 0.3) is 11.9 Å². The number of fused-ring (bicyclic) bond motifs is 1. The van der Waals surface area contributed by atoms with Crippen molar-refractivity contribution in [2.45, 2.75) is 39.3 Å². The van der Waals surface area contributed by atoms with Gasteiger partial charge in [-0.3, -0.25) is 9.59 Å². The highest BCUT2D eigenvalue weighted by molar-refractivity contribution is 14.1. The van der Waals surface area contributed by atoms with Gasteiger partial charge in [-0.25, -0.2) is 0 Å². The van der Waals surface area contributed by atoms with Crippen LogP contribution in [0.3, 0.4) is 0 Å². The maximum Gasteiger partial charge on any atom is 0.298 e. The second kappa shape index (κ2) is 10.6. The fraction of sp³-hybridized carbons (Fsp3) is 0.375. The predicted octanol–water partition coefficient (Wildman–Crippen LogP) is 3.45. The maximum atomic E-state index is 11.9. The zero-order valence-electron chi connectivity index (χ0n) is 19.1. The van der Waals surface area contributed by atoms with Crippen molar-refractivity contribution in [2.24, 2.45) is 5.73 Å². The Bertz CT molecular complexity index is 1210. The standard InChI is InChI=1S/C24H27IN5O4/c1-3-33-20-12-15(11-18(21(20)25)28-14(2)31)13-30(16-7-9-27-10-8-16)24-29-22-17(23(26)32)5-4-6-19(22)34-24/h4,6,11-12,16,27H,3,7-10,13H2,1-2H3,(H2,26,32)(H,28,31). The van der Waals surface area contributed by atoms with Gasteiger partial charge in [-0.05, 0) is 91.3 Å². The fourth-order valence-corrected chi connectivity index (χ4v) is 4.75. The number of anilines is 2. The molecule has 179 valence electrons. The lowest BCUT2D eigenvalue weighted by Gasteiger charge is -2.33. The first-order valence-electron chi connectivity index (χ1n) is 11.2. The topological polar surface area (TPSA) is 123 Å². The average Bonchev–Trinajstić information content (AvgIpc) is 3.24. The molecule has 1 radical (unpaired) electrons. The molecule has 4 rings (SSSR count). The molecule has 2 aromatic carbocycles. The molecule has 1 saturated heterocycles. The SMILES string of the molecule is CCOc1cc(CN(c2nc3c(C(N)=O)[c]ccc3o2)C2CCNCC2)cc(NC(C)=O)c1I. The zero-order valence-corrected chi connectivity index (χ0v) is 21.3. The van der Waals surface area contributed by atoms with Gasteiger partial charge in [-0.15, -0.1) is 0 Å². The molecular weight excluding hydrogens is 549 g/mol. The quantitative estimate of drug-likeness (QED) is 0.351. The number of carbonyl (C=O) groups excluding carboxylic acids is 2. The summed E-state index contributed by atoms with van der Waals surface area (Å²) in [5.74, 6) is -0.0440. The Hall–Kier alpha value is -2.86. The number of hydrogen-bond donors (Lipinski definition) is 3. The van der Waals surface area contributed by atoms with E-state index >= 15 is 0 Å². The number of nitrogens with one attached hydrogen (secondary N) is 2. The van der Waals surface area contributed by atoms with Crippen molar-refractivity contribution in [3.05, 3.63) is 45.0 Å². The minimum absolute atomic E-state index is 0.151. The number of amides is 2. The lowest BCUT2D eigenvalue weighted by Crippen LogP contribution is -2.43. The average molecular weight is 576 g/mol. The normalized spacial score (nSPS) is 14.2. The Morgan fingerprint density at radius 2 is 2.15 bits per heavy atom. The number of rotatable bonds is 8. The van der Waals surface area contributed by atoms with Crippen LogP contribution in [0.25, 0.3) is 11.1 Å². The number of nitrogens with zero attached hydrogens (tertiary/aromatic N) is 2. The third-order valence-corrected chi connectivity index (χ3v) is 6.76. The molecule has 10 heteroatoms. The van der Waals surface area contributed by atoms with Crippen molar-refractivity contribution >= 4 is 57.2 Å². The van der Waals surface area contributed by atoms with Crippen LogP contribution in [0, 0.1) is 9.64 Å². The van der Waals surface area contributed by atoms with Gasteiger partial charge < -0.3 is 30.4 Å². The molecule has 2 amide bonds. The summed E-state index contributed by atoms with van der Waals surface area (Å²) in [6.07, 6.45) is 1.82. The summed E-state index contributed by atoms with van der Waals surface area (Å²) in [5, 5.41) is 6.28. The minimum atomic E-state index is -0.599. The first kappa shape index (κ1) is 24.3. The molecule has 9 nitrogen and oxygen atoms in total. The number of halogens is 1. The molecule has 0 unspecified atom stereocenters. The van der Waals surface area contributed by atoms with Crippen LogP contribution in [-0.2, 0) is 11.3 Å². The lowest BCUT2D eigenvalue weighted by molar-refractivity contribution is -0.114. The van der Waals surface area contributed by atoms with Crippen LogP contribution in [0.1, 0.15) is 42.6 Å². The second-order valence-electron chi connectivity index (χ2n) is 8.10. The monoisotopic (exact) mass is 576 g/mol. The molecule has 0 atom stereocenters. The van der Waals surface area contributed by atoms with Crippen molar-refractivity contribution in [3.8, 4) is 5.75 Å². The van der Waals surface area contributed by atoms with Crippen molar-refractivity contribution in [3.63, 3.8) is 0 Å². The van der Waals surface area contributed by atoms with Crippen LogP contribution in [-0.4, -0.2) is 42.5 Å². The Morgan fingerprint density at radius 1 is 1.38 bits per heavy atom. The summed E-state index contributed by atoms with van der Waals surface area (Å²) in [5.41, 5.74) is 8.26. The molecule has 0 bridgehead atoms. The van der Waals surface area contributed by atoms with Crippen LogP contribution in [0.15, 0.2) is 28.7 Å². The number of ether oxygens (including phenoxy) is 1. The summed E-state index contributed by atoms with van der Waals surface area (Å²) < 4.78 is 12.8. The molecule has 34 heavy (non-hydrogen) atoms. The number of primary amides is 1. The van der Waals surface area contributed by atoms with Gasteiger partial charge in [0.1, 0.15) is 11.3 Å². The van der Waals surface area contributed by atoms with E-state index in [1.165, 1.54) is 6.92 Å². The first-order chi connectivity index (χ1) is 16.4. The van der Waals surface area contributed by atoms with Gasteiger partial charge in [0.15, 0.2) is 5.58 Å². The van der Waals surface area contributed by atoms with E-state index in [0.29, 0.717) is 41.7 Å². The van der Waals surface area contributed by atoms with Gasteiger partial charge in [-0.1, -0.05) is 0 Å². The number of oxazole rings is 1. The van der Waals surface area contributed by atoms with Crippen LogP contribution >= 0.6 is 22.6 Å². The first-order valence-corrected chi connectivity index (χ1v) is 12.3. The number of piperidine rings is 1. The highest BCUT2D eigenvalue weighted by atomic mass is 127. The van der Waals surface area contributed by atoms with Crippen LogP contribution in [0.5, 0.6) is 5.75 Å². The van der Waals surface area contributed by atoms with Crippen molar-refractivity contribution < 1.29 is 18.7 Å². The van der Waals surface area contributed by atoms with E-state index in [1.807, 2.05) is 19.1 Å². The summed E-state index contributed by atoms with van der Waals surface area (Å²) in [6, 6.07) is 10.7. The maximum absolute atomic E-state index is 11.9. The van der Waals surface area contributed by atoms with Crippen LogP contribution in [0.2, 0.25) is 0 Å². The van der Waals surface area contributed by atoms with E-state index in [-0.39, 0.29) is 17.5 Å². The molecule has 1 aliphatic rings. The fourth-order valence-electron chi connectivity index (χ4n) is 4.15. The van der Waals surface area contributed by atoms with E-state index in [0.717, 1.165) is 35.1 Å². The molecule has 3 aromatic rings. The van der Waals surface area contributed by atoms with E-state index in [1.54, 1.807) is 12.1 Å². The molecule has 4 N–H and O–H groups in total. The van der Waals surface area contributed by atoms with E-state index in [4.69, 9.17) is 14.9 Å². The molecule has 2 heterocycles. The molecule has 0 saturated carbocycles. The van der Waals surface area contributed by atoms with Gasteiger partial charge in [0, 0.05) is 19.5 Å². The lowest BCUT2D eigenvalue weighted by atomic mass is 10.0. The number of aromatic nitrogens is 1. The van der Waals surface area contributed by atoms with Gasteiger partial charge in [0.2, 0.25) is 5.91 Å². The Morgan fingerprint density at radius 3 is 2.82 bits per heavy atom. The predicted molar refractivity (Wildman–Crippen MR) is 138 cm³/mol. The third kappa shape index (κ3) is 5.27. The second-order valence-corrected chi connectivity index (χ2v) is 9.18. The van der Waals surface area contributed by atoms with Gasteiger partial charge >= 0.3 is 0 Å². The van der Waals surface area contributed by atoms with Gasteiger partial charge in [-0.2, -0.15) is 4.98 Å². The minimum Gasteiger partial charge on any atom is -0.493 e. The highest BCUT2D eigenvalue weighted by Crippen LogP contribution is 2.34. The van der Waals surface area contributed by atoms with E-state index in [9.17, 15) is 9.59 Å². The highest BCUT2D eigenvalue weighted by Gasteiger charge is 2.27. The smallest absolute Gasteiger partial charge is 0.298 e. The van der Waals surface area contributed by atoms with Crippen molar-refractivity contribution in [1.29, 1.82) is 0 Å². The third-order valence-electron chi connectivity index (χ3n) is 5.65. The summed E-state index contributed by atoms with van der Waals surface area (Å²) in [4.78, 5) is 30.4. The largest absolute Gasteiger partial charge is 0.493 e. The summed E-state index contributed by atoms with van der Waals surface area (Å²) in [7, 11) is 0. The number of nitrogens with two attached hydrogens (primary N) is 1. The number of carbonyl (C=O) groups is 2. The summed E-state index contributed by atoms with van der Waals surface area (Å²) >= 11 is 2.18.